The number of hydrogen-bond donors (Lipinski definition) is 2. The maximum absolute atomic E-state index is 11.8. The maximum Gasteiger partial charge on any atom is 0.381 e. The van der Waals surface area contributed by atoms with Crippen molar-refractivity contribution in [2.75, 3.05) is 6.61 Å². The summed E-state index contributed by atoms with van der Waals surface area (Å²) in [5.41, 5.74) is 0. The van der Waals surface area contributed by atoms with E-state index in [-0.39, 0.29) is 30.9 Å². The zero-order valence-electron chi connectivity index (χ0n) is 11.0. The summed E-state index contributed by atoms with van der Waals surface area (Å²) in [6.45, 7) is 3.50. The minimum Gasteiger partial charge on any atom is -0.396 e. The molecule has 0 fully saturated rings. The summed E-state index contributed by atoms with van der Waals surface area (Å²) >= 11 is 0. The number of aliphatic hydroxyl groups is 1. The largest absolute Gasteiger partial charge is 0.396 e. The summed E-state index contributed by atoms with van der Waals surface area (Å²) in [5.74, 6) is -0.111. The van der Waals surface area contributed by atoms with E-state index in [0.29, 0.717) is 12.2 Å². The van der Waals surface area contributed by atoms with Gasteiger partial charge >= 0.3 is 5.82 Å². The van der Waals surface area contributed by atoms with Gasteiger partial charge in [0, 0.05) is 19.6 Å². The van der Waals surface area contributed by atoms with Gasteiger partial charge in [-0.2, -0.15) is 0 Å². The van der Waals surface area contributed by atoms with Gasteiger partial charge in [-0.05, 0) is 22.7 Å². The number of aryl methyl sites for hydroxylation is 1. The third-order valence-corrected chi connectivity index (χ3v) is 2.80. The quantitative estimate of drug-likeness (QED) is 0.549. The Kier molecular flexibility index (Phi) is 5.43. The van der Waals surface area contributed by atoms with Gasteiger partial charge in [-0.1, -0.05) is 6.92 Å². The molecular formula is C11H18N4O4. The van der Waals surface area contributed by atoms with Gasteiger partial charge in [0.2, 0.25) is 11.7 Å². The highest BCUT2D eigenvalue weighted by Gasteiger charge is 2.17. The van der Waals surface area contributed by atoms with Crippen molar-refractivity contribution in [1.29, 1.82) is 0 Å². The maximum atomic E-state index is 11.8. The lowest BCUT2D eigenvalue weighted by Crippen LogP contribution is -2.37. The van der Waals surface area contributed by atoms with Crippen LogP contribution in [0.3, 0.4) is 0 Å². The SMILES string of the molecule is CCC(CCO)NC(=O)Cn1cc([N+](=O)[O-])nc1C. The number of aliphatic hydroxyl groups excluding tert-OH is 1. The Bertz CT molecular complexity index is 458. The van der Waals surface area contributed by atoms with Gasteiger partial charge in [-0.3, -0.25) is 9.36 Å². The minimum absolute atomic E-state index is 0.00830. The Morgan fingerprint density at radius 1 is 1.68 bits per heavy atom. The van der Waals surface area contributed by atoms with Gasteiger partial charge in [0.25, 0.3) is 0 Å². The first kappa shape index (κ1) is 15.1. The first-order valence-electron chi connectivity index (χ1n) is 6.06. The van der Waals surface area contributed by atoms with E-state index in [1.807, 2.05) is 6.92 Å². The molecule has 1 heterocycles. The lowest BCUT2D eigenvalue weighted by Gasteiger charge is -2.15. The molecule has 0 saturated carbocycles. The predicted octanol–water partition coefficient (Wildman–Crippen LogP) is 0.377. The van der Waals surface area contributed by atoms with Crippen LogP contribution in [0.4, 0.5) is 5.82 Å². The number of carbonyl (C=O) groups excluding carboxylic acids is 1. The Balaban J connectivity index is 2.63. The molecular weight excluding hydrogens is 252 g/mol. The lowest BCUT2D eigenvalue weighted by atomic mass is 10.1. The van der Waals surface area contributed by atoms with E-state index in [9.17, 15) is 14.9 Å². The molecule has 1 atom stereocenters. The molecule has 8 heteroatoms. The van der Waals surface area contributed by atoms with Gasteiger partial charge in [0.05, 0.1) is 0 Å². The Labute approximate surface area is 110 Å². The number of nitrogens with zero attached hydrogens (tertiary/aromatic N) is 3. The Morgan fingerprint density at radius 3 is 2.84 bits per heavy atom. The molecule has 0 aliphatic heterocycles. The smallest absolute Gasteiger partial charge is 0.381 e. The summed E-state index contributed by atoms with van der Waals surface area (Å²) in [6, 6.07) is -0.0867. The van der Waals surface area contributed by atoms with Crippen LogP contribution < -0.4 is 5.32 Å². The number of hydrogen-bond acceptors (Lipinski definition) is 5. The number of amides is 1. The number of nitro groups is 1. The number of imidazole rings is 1. The fourth-order valence-corrected chi connectivity index (χ4v) is 1.70. The molecule has 0 radical (unpaired) electrons. The molecule has 0 saturated heterocycles. The van der Waals surface area contributed by atoms with E-state index in [0.717, 1.165) is 6.42 Å². The van der Waals surface area contributed by atoms with Crippen molar-refractivity contribution in [1.82, 2.24) is 14.9 Å². The predicted molar refractivity (Wildman–Crippen MR) is 67.5 cm³/mol. The molecule has 1 unspecified atom stereocenters. The molecule has 0 bridgehead atoms. The van der Waals surface area contributed by atoms with E-state index < -0.39 is 4.92 Å². The zero-order valence-corrected chi connectivity index (χ0v) is 11.0. The number of carbonyl (C=O) groups is 1. The summed E-state index contributed by atoms with van der Waals surface area (Å²) in [5, 5.41) is 22.2. The first-order chi connectivity index (χ1) is 8.97. The molecule has 0 spiro atoms. The highest BCUT2D eigenvalue weighted by atomic mass is 16.6. The fraction of sp³-hybridized carbons (Fsp3) is 0.636. The van der Waals surface area contributed by atoms with Gasteiger partial charge < -0.3 is 20.5 Å². The molecule has 106 valence electrons. The van der Waals surface area contributed by atoms with Crippen LogP contribution in [-0.4, -0.2) is 38.1 Å². The average Bonchev–Trinajstić information content (AvgIpc) is 2.70. The molecule has 19 heavy (non-hydrogen) atoms. The van der Waals surface area contributed by atoms with Crippen molar-refractivity contribution in [2.45, 2.75) is 39.3 Å². The van der Waals surface area contributed by atoms with Crippen molar-refractivity contribution < 1.29 is 14.8 Å². The molecule has 8 nitrogen and oxygen atoms in total. The highest BCUT2D eigenvalue weighted by Crippen LogP contribution is 2.10. The second-order valence-corrected chi connectivity index (χ2v) is 4.22. The van der Waals surface area contributed by atoms with Crippen molar-refractivity contribution in [3.63, 3.8) is 0 Å². The van der Waals surface area contributed by atoms with Gasteiger partial charge in [-0.25, -0.2) is 0 Å². The van der Waals surface area contributed by atoms with Crippen molar-refractivity contribution in [2.24, 2.45) is 0 Å². The first-order valence-corrected chi connectivity index (χ1v) is 6.06. The van der Waals surface area contributed by atoms with Crippen LogP contribution in [0.1, 0.15) is 25.6 Å². The lowest BCUT2D eigenvalue weighted by molar-refractivity contribution is -0.389. The number of rotatable bonds is 7. The summed E-state index contributed by atoms with van der Waals surface area (Å²) in [6.07, 6.45) is 2.45. The van der Waals surface area contributed by atoms with Crippen LogP contribution in [0.5, 0.6) is 0 Å². The normalized spacial score (nSPS) is 12.2. The van der Waals surface area contributed by atoms with E-state index in [2.05, 4.69) is 10.3 Å². The topological polar surface area (TPSA) is 110 Å². The fourth-order valence-electron chi connectivity index (χ4n) is 1.70. The van der Waals surface area contributed by atoms with Crippen molar-refractivity contribution in [3.05, 3.63) is 22.1 Å². The van der Waals surface area contributed by atoms with Crippen molar-refractivity contribution >= 4 is 11.7 Å². The van der Waals surface area contributed by atoms with E-state index >= 15 is 0 Å². The minimum atomic E-state index is -0.595. The van der Waals surface area contributed by atoms with Crippen LogP contribution in [0.15, 0.2) is 6.20 Å². The van der Waals surface area contributed by atoms with Crippen LogP contribution in [-0.2, 0) is 11.3 Å². The molecule has 1 aromatic heterocycles. The molecule has 0 aliphatic rings. The monoisotopic (exact) mass is 270 g/mol. The second-order valence-electron chi connectivity index (χ2n) is 4.22. The molecule has 1 rings (SSSR count). The molecule has 1 aromatic rings. The van der Waals surface area contributed by atoms with Crippen molar-refractivity contribution in [3.8, 4) is 0 Å². The Hall–Kier alpha value is -1.96. The van der Waals surface area contributed by atoms with Gasteiger partial charge in [0.15, 0.2) is 0 Å². The van der Waals surface area contributed by atoms with E-state index in [1.165, 1.54) is 10.8 Å². The molecule has 0 aliphatic carbocycles. The summed E-state index contributed by atoms with van der Waals surface area (Å²) in [4.78, 5) is 25.5. The van der Waals surface area contributed by atoms with E-state index in [4.69, 9.17) is 5.11 Å². The third-order valence-electron chi connectivity index (χ3n) is 2.80. The number of nitrogens with one attached hydrogen (secondary N) is 1. The highest BCUT2D eigenvalue weighted by molar-refractivity contribution is 5.76. The second kappa shape index (κ2) is 6.83. The van der Waals surface area contributed by atoms with Crippen LogP contribution in [0.25, 0.3) is 0 Å². The van der Waals surface area contributed by atoms with Gasteiger partial charge in [-0.15, -0.1) is 0 Å². The zero-order chi connectivity index (χ0) is 14.4. The molecule has 0 aromatic carbocycles. The van der Waals surface area contributed by atoms with E-state index in [1.54, 1.807) is 6.92 Å². The van der Waals surface area contributed by atoms with Crippen LogP contribution in [0.2, 0.25) is 0 Å². The van der Waals surface area contributed by atoms with Gasteiger partial charge in [0.1, 0.15) is 12.7 Å². The average molecular weight is 270 g/mol. The summed E-state index contributed by atoms with van der Waals surface area (Å²) in [7, 11) is 0. The summed E-state index contributed by atoms with van der Waals surface area (Å²) < 4.78 is 1.43. The standard InChI is InChI=1S/C11H18N4O4/c1-3-9(4-5-16)13-11(17)7-14-6-10(15(18)19)12-8(14)2/h6,9,16H,3-5,7H2,1-2H3,(H,13,17). The number of aromatic nitrogens is 2. The molecule has 2 N–H and O–H groups in total. The third kappa shape index (κ3) is 4.32. The Morgan fingerprint density at radius 2 is 2.37 bits per heavy atom. The molecule has 1 amide bonds. The van der Waals surface area contributed by atoms with Crippen LogP contribution >= 0.6 is 0 Å². The van der Waals surface area contributed by atoms with Crippen LogP contribution in [0, 0.1) is 17.0 Å².